The number of rotatable bonds is 2. The summed E-state index contributed by atoms with van der Waals surface area (Å²) in [4.78, 5) is 16.2. The van der Waals surface area contributed by atoms with Crippen LogP contribution >= 0.6 is 0 Å². The summed E-state index contributed by atoms with van der Waals surface area (Å²) in [5.41, 5.74) is 2.04. The molecule has 0 spiro atoms. The predicted molar refractivity (Wildman–Crippen MR) is 83.5 cm³/mol. The molecule has 2 aromatic rings. The van der Waals surface area contributed by atoms with Crippen LogP contribution in [0.2, 0.25) is 0 Å². The zero-order valence-electron chi connectivity index (χ0n) is 13.3. The first-order valence-electron chi connectivity index (χ1n) is 7.75. The minimum atomic E-state index is -0.523. The van der Waals surface area contributed by atoms with Crippen molar-refractivity contribution >= 4 is 6.15 Å². The number of fused-ring (bicyclic) bond motifs is 1. The lowest BCUT2D eigenvalue weighted by Gasteiger charge is -2.39. The van der Waals surface area contributed by atoms with E-state index in [1.165, 1.54) is 6.07 Å². The molecule has 1 unspecified atom stereocenters. The molecular formula is C19H18F2O3. The molecule has 0 bridgehead atoms. The number of benzene rings is 2. The largest absolute Gasteiger partial charge is 0.508 e. The van der Waals surface area contributed by atoms with Gasteiger partial charge in [-0.05, 0) is 60.6 Å². The van der Waals surface area contributed by atoms with Crippen LogP contribution in [0.4, 0.5) is 8.78 Å². The third kappa shape index (κ3) is 3.22. The fourth-order valence-electron chi connectivity index (χ4n) is 3.64. The van der Waals surface area contributed by atoms with Crippen molar-refractivity contribution in [1.29, 1.82) is 0 Å². The van der Waals surface area contributed by atoms with E-state index < -0.39 is 11.6 Å². The van der Waals surface area contributed by atoms with Crippen LogP contribution in [-0.2, 0) is 21.4 Å². The molecule has 1 aliphatic carbocycles. The van der Waals surface area contributed by atoms with Crippen LogP contribution in [0.25, 0.3) is 0 Å². The van der Waals surface area contributed by atoms with Crippen LogP contribution in [-0.4, -0.2) is 11.3 Å². The average Bonchev–Trinajstić information content (AvgIpc) is 2.56. The van der Waals surface area contributed by atoms with Gasteiger partial charge in [0.2, 0.25) is 0 Å². The number of phenolic OH excluding ortho intramolecular Hbond substituents is 1. The van der Waals surface area contributed by atoms with E-state index in [-0.39, 0.29) is 17.3 Å². The van der Waals surface area contributed by atoms with Crippen molar-refractivity contribution in [3.63, 3.8) is 0 Å². The minimum Gasteiger partial charge on any atom is -0.508 e. The first kappa shape index (κ1) is 17.8. The Morgan fingerprint density at radius 2 is 1.79 bits per heavy atom. The van der Waals surface area contributed by atoms with Gasteiger partial charge in [-0.3, -0.25) is 0 Å². The van der Waals surface area contributed by atoms with Crippen LogP contribution in [0, 0.1) is 11.6 Å². The number of aromatic hydroxyl groups is 1. The normalized spacial score (nSPS) is 18.8. The number of carbonyl (C=O) groups excluding carboxylic acids is 2. The molecule has 1 atom stereocenters. The quantitative estimate of drug-likeness (QED) is 0.900. The molecule has 0 aliphatic heterocycles. The minimum absolute atomic E-state index is 0.200. The third-order valence-corrected chi connectivity index (χ3v) is 4.73. The van der Waals surface area contributed by atoms with E-state index in [4.69, 9.17) is 9.59 Å². The van der Waals surface area contributed by atoms with Crippen LogP contribution in [0.5, 0.6) is 5.75 Å². The van der Waals surface area contributed by atoms with Gasteiger partial charge in [0.25, 0.3) is 0 Å². The first-order chi connectivity index (χ1) is 11.5. The highest BCUT2D eigenvalue weighted by Gasteiger charge is 2.38. The van der Waals surface area contributed by atoms with E-state index in [2.05, 4.69) is 0 Å². The number of halogens is 2. The highest BCUT2D eigenvalue weighted by atomic mass is 19.1. The van der Waals surface area contributed by atoms with Gasteiger partial charge in [0.1, 0.15) is 17.4 Å². The molecule has 5 heteroatoms. The SMILES string of the molecule is CCC1(c2ccc(O)cc2)CCCc2c(F)cc(F)cc21.O=C=O. The lowest BCUT2D eigenvalue weighted by Crippen LogP contribution is -2.32. The molecule has 0 heterocycles. The Labute approximate surface area is 138 Å². The molecule has 1 N–H and O–H groups in total. The zero-order valence-corrected chi connectivity index (χ0v) is 13.3. The van der Waals surface area contributed by atoms with Gasteiger partial charge in [-0.15, -0.1) is 0 Å². The van der Waals surface area contributed by atoms with E-state index in [1.54, 1.807) is 12.1 Å². The molecule has 1 aliphatic rings. The van der Waals surface area contributed by atoms with Crippen molar-refractivity contribution in [3.05, 3.63) is 64.7 Å². The number of hydrogen-bond donors (Lipinski definition) is 1. The molecule has 0 saturated heterocycles. The van der Waals surface area contributed by atoms with Gasteiger partial charge in [-0.25, -0.2) is 8.78 Å². The summed E-state index contributed by atoms with van der Waals surface area (Å²) in [5.74, 6) is -0.766. The molecule has 0 saturated carbocycles. The summed E-state index contributed by atoms with van der Waals surface area (Å²) < 4.78 is 27.8. The van der Waals surface area contributed by atoms with Crippen molar-refractivity contribution in [1.82, 2.24) is 0 Å². The van der Waals surface area contributed by atoms with E-state index in [1.807, 2.05) is 19.1 Å². The summed E-state index contributed by atoms with van der Waals surface area (Å²) in [5, 5.41) is 9.48. The topological polar surface area (TPSA) is 54.4 Å². The molecule has 0 fully saturated rings. The molecule has 24 heavy (non-hydrogen) atoms. The molecule has 3 rings (SSSR count). The fourth-order valence-corrected chi connectivity index (χ4v) is 3.64. The van der Waals surface area contributed by atoms with Crippen molar-refractivity contribution in [3.8, 4) is 5.75 Å². The second-order valence-corrected chi connectivity index (χ2v) is 5.83. The average molecular weight is 332 g/mol. The van der Waals surface area contributed by atoms with Gasteiger partial charge in [-0.2, -0.15) is 9.59 Å². The zero-order chi connectivity index (χ0) is 17.7. The molecular weight excluding hydrogens is 314 g/mol. The summed E-state index contributed by atoms with van der Waals surface area (Å²) in [6.07, 6.45) is 3.42. The highest BCUT2D eigenvalue weighted by molar-refractivity contribution is 5.47. The fraction of sp³-hybridized carbons (Fsp3) is 0.316. The Kier molecular flexibility index (Phi) is 5.47. The second kappa shape index (κ2) is 7.37. The predicted octanol–water partition coefficient (Wildman–Crippen LogP) is 4.12. The van der Waals surface area contributed by atoms with Gasteiger partial charge in [0, 0.05) is 11.5 Å². The second-order valence-electron chi connectivity index (χ2n) is 5.83. The first-order valence-corrected chi connectivity index (χ1v) is 7.75. The molecule has 0 radical (unpaired) electrons. The Morgan fingerprint density at radius 1 is 1.17 bits per heavy atom. The maximum absolute atomic E-state index is 14.1. The molecule has 0 amide bonds. The molecule has 3 nitrogen and oxygen atoms in total. The maximum Gasteiger partial charge on any atom is 0.373 e. The van der Waals surface area contributed by atoms with Crippen molar-refractivity contribution < 1.29 is 23.5 Å². The van der Waals surface area contributed by atoms with Crippen molar-refractivity contribution in [2.75, 3.05) is 0 Å². The van der Waals surface area contributed by atoms with Gasteiger partial charge in [-0.1, -0.05) is 19.1 Å². The summed E-state index contributed by atoms with van der Waals surface area (Å²) >= 11 is 0. The van der Waals surface area contributed by atoms with Crippen LogP contribution in [0.3, 0.4) is 0 Å². The number of hydrogen-bond acceptors (Lipinski definition) is 3. The third-order valence-electron chi connectivity index (χ3n) is 4.73. The lowest BCUT2D eigenvalue weighted by molar-refractivity contribution is -0.191. The summed E-state index contributed by atoms with van der Waals surface area (Å²) in [6.45, 7) is 2.05. The monoisotopic (exact) mass is 332 g/mol. The smallest absolute Gasteiger partial charge is 0.373 e. The Hall–Kier alpha value is -2.52. The molecule has 126 valence electrons. The summed E-state index contributed by atoms with van der Waals surface area (Å²) in [7, 11) is 0. The number of phenols is 1. The maximum atomic E-state index is 14.1. The molecule has 0 aromatic heterocycles. The van der Waals surface area contributed by atoms with Crippen LogP contribution < -0.4 is 0 Å². The van der Waals surface area contributed by atoms with E-state index in [0.717, 1.165) is 36.5 Å². The van der Waals surface area contributed by atoms with E-state index in [9.17, 15) is 13.9 Å². The standard InChI is InChI=1S/C18H18F2O.CO2/c1-2-18(12-5-7-14(21)8-6-12)9-3-4-15-16(18)10-13(19)11-17(15)20;2-1-3/h5-8,10-11,21H,2-4,9H2,1H3;. The molecule has 2 aromatic carbocycles. The summed E-state index contributed by atoms with van der Waals surface area (Å²) in [6, 6.07) is 9.44. The van der Waals surface area contributed by atoms with Crippen LogP contribution in [0.1, 0.15) is 42.9 Å². The Balaban J connectivity index is 0.000000647. The van der Waals surface area contributed by atoms with Gasteiger partial charge < -0.3 is 5.11 Å². The van der Waals surface area contributed by atoms with Gasteiger partial charge in [0.05, 0.1) is 0 Å². The Morgan fingerprint density at radius 3 is 2.38 bits per heavy atom. The van der Waals surface area contributed by atoms with Crippen molar-refractivity contribution in [2.45, 2.75) is 38.0 Å². The van der Waals surface area contributed by atoms with Crippen molar-refractivity contribution in [2.24, 2.45) is 0 Å². The van der Waals surface area contributed by atoms with E-state index in [0.29, 0.717) is 12.0 Å². The lowest BCUT2D eigenvalue weighted by atomic mass is 9.64. The van der Waals surface area contributed by atoms with Gasteiger partial charge in [0.15, 0.2) is 0 Å². The highest BCUT2D eigenvalue weighted by Crippen LogP contribution is 2.46. The van der Waals surface area contributed by atoms with Crippen LogP contribution in [0.15, 0.2) is 36.4 Å². The van der Waals surface area contributed by atoms with E-state index >= 15 is 0 Å². The Bertz CT molecular complexity index is 750. The van der Waals surface area contributed by atoms with Gasteiger partial charge >= 0.3 is 6.15 Å².